The second kappa shape index (κ2) is 5.89. The Balaban J connectivity index is 2.61. The maximum absolute atomic E-state index is 13.2. The zero-order chi connectivity index (χ0) is 13.9. The van der Waals surface area contributed by atoms with Gasteiger partial charge in [-0.15, -0.1) is 0 Å². The minimum Gasteiger partial charge on any atom is -0.397 e. The van der Waals surface area contributed by atoms with Crippen LogP contribution in [0.5, 0.6) is 0 Å². The van der Waals surface area contributed by atoms with E-state index in [9.17, 15) is 9.50 Å². The number of aliphatic hydroxyl groups is 1. The normalized spacial score (nSPS) is 13.4. The van der Waals surface area contributed by atoms with Crippen molar-refractivity contribution in [1.82, 2.24) is 0 Å². The van der Waals surface area contributed by atoms with E-state index in [0.29, 0.717) is 28.8 Å². The Kier molecular flexibility index (Phi) is 4.99. The Bertz CT molecular complexity index is 418. The van der Waals surface area contributed by atoms with Gasteiger partial charge in [0.1, 0.15) is 5.82 Å². The van der Waals surface area contributed by atoms with Gasteiger partial charge in [-0.05, 0) is 33.8 Å². The smallest absolute Gasteiger partial charge is 0.139 e. The van der Waals surface area contributed by atoms with E-state index in [2.05, 4.69) is 42.0 Å². The molecular formula is C13H20BrFN2O. The number of anilines is 2. The van der Waals surface area contributed by atoms with Crippen LogP contribution in [0.15, 0.2) is 16.6 Å². The molecule has 1 rings (SSSR count). The van der Waals surface area contributed by atoms with E-state index in [-0.39, 0.29) is 5.41 Å². The van der Waals surface area contributed by atoms with E-state index in [0.717, 1.165) is 0 Å². The van der Waals surface area contributed by atoms with Crippen molar-refractivity contribution in [3.8, 4) is 0 Å². The molecule has 1 aromatic carbocycles. The molecule has 0 heterocycles. The molecule has 0 bridgehead atoms. The third-order valence-corrected chi connectivity index (χ3v) is 3.08. The monoisotopic (exact) mass is 318 g/mol. The maximum Gasteiger partial charge on any atom is 0.139 e. The van der Waals surface area contributed by atoms with E-state index < -0.39 is 11.9 Å². The van der Waals surface area contributed by atoms with E-state index in [1.807, 2.05) is 0 Å². The number of rotatable bonds is 4. The van der Waals surface area contributed by atoms with Crippen molar-refractivity contribution >= 4 is 27.3 Å². The van der Waals surface area contributed by atoms with Crippen LogP contribution < -0.4 is 11.1 Å². The Hall–Kier alpha value is -0.810. The molecule has 0 aliphatic rings. The number of aliphatic hydroxyl groups excluding tert-OH is 1. The van der Waals surface area contributed by atoms with Gasteiger partial charge in [-0.2, -0.15) is 0 Å². The lowest BCUT2D eigenvalue weighted by molar-refractivity contribution is 0.132. The number of hydrogen-bond acceptors (Lipinski definition) is 3. The highest BCUT2D eigenvalue weighted by atomic mass is 79.9. The topological polar surface area (TPSA) is 58.3 Å². The summed E-state index contributed by atoms with van der Waals surface area (Å²) in [4.78, 5) is 0. The molecule has 1 unspecified atom stereocenters. The van der Waals surface area contributed by atoms with E-state index >= 15 is 0 Å². The summed E-state index contributed by atoms with van der Waals surface area (Å²) in [5.74, 6) is -0.395. The molecule has 0 saturated heterocycles. The van der Waals surface area contributed by atoms with Crippen LogP contribution in [0.3, 0.4) is 0 Å². The lowest BCUT2D eigenvalue weighted by atomic mass is 9.89. The number of hydrogen-bond donors (Lipinski definition) is 3. The van der Waals surface area contributed by atoms with Gasteiger partial charge in [0.25, 0.3) is 0 Å². The number of nitrogen functional groups attached to an aromatic ring is 1. The SMILES string of the molecule is CC(C)(C)CC(O)CNc1cc(Br)c(F)cc1N. The molecule has 0 aromatic heterocycles. The molecule has 3 nitrogen and oxygen atoms in total. The van der Waals surface area contributed by atoms with Crippen LogP contribution in [0, 0.1) is 11.2 Å². The lowest BCUT2D eigenvalue weighted by Gasteiger charge is -2.23. The summed E-state index contributed by atoms with van der Waals surface area (Å²) < 4.78 is 13.5. The third kappa shape index (κ3) is 4.82. The van der Waals surface area contributed by atoms with Crippen molar-refractivity contribution < 1.29 is 9.50 Å². The molecule has 4 N–H and O–H groups in total. The molecule has 0 radical (unpaired) electrons. The Morgan fingerprint density at radius 3 is 2.61 bits per heavy atom. The Labute approximate surface area is 116 Å². The average molecular weight is 319 g/mol. The van der Waals surface area contributed by atoms with Crippen molar-refractivity contribution in [2.75, 3.05) is 17.6 Å². The number of nitrogens with one attached hydrogen (secondary N) is 1. The highest BCUT2D eigenvalue weighted by Crippen LogP contribution is 2.27. The molecule has 0 saturated carbocycles. The summed E-state index contributed by atoms with van der Waals surface area (Å²) in [5.41, 5.74) is 6.72. The van der Waals surface area contributed by atoms with Crippen molar-refractivity contribution in [2.45, 2.75) is 33.3 Å². The fraction of sp³-hybridized carbons (Fsp3) is 0.538. The van der Waals surface area contributed by atoms with Gasteiger partial charge in [0.15, 0.2) is 0 Å². The van der Waals surface area contributed by atoms with E-state index in [4.69, 9.17) is 5.73 Å². The van der Waals surface area contributed by atoms with Gasteiger partial charge >= 0.3 is 0 Å². The molecule has 18 heavy (non-hydrogen) atoms. The molecule has 0 fully saturated rings. The first-order valence-corrected chi connectivity index (χ1v) is 6.65. The van der Waals surface area contributed by atoms with E-state index in [1.165, 1.54) is 6.07 Å². The molecule has 1 aromatic rings. The molecule has 0 amide bonds. The van der Waals surface area contributed by atoms with Crippen LogP contribution >= 0.6 is 15.9 Å². The maximum atomic E-state index is 13.2. The predicted molar refractivity (Wildman–Crippen MR) is 77.1 cm³/mol. The standard InChI is InChI=1S/C13H20BrFN2O/c1-13(2,3)6-8(18)7-17-12-4-9(14)10(15)5-11(12)16/h4-5,8,17-18H,6-7,16H2,1-3H3. The molecule has 102 valence electrons. The van der Waals surface area contributed by atoms with Crippen molar-refractivity contribution in [1.29, 1.82) is 0 Å². The summed E-state index contributed by atoms with van der Waals surface area (Å²) in [6.45, 7) is 6.59. The van der Waals surface area contributed by atoms with Crippen LogP contribution in [0.25, 0.3) is 0 Å². The van der Waals surface area contributed by atoms with Gasteiger partial charge in [-0.3, -0.25) is 0 Å². The number of benzene rings is 1. The summed E-state index contributed by atoms with van der Waals surface area (Å²) in [6.07, 6.45) is 0.218. The van der Waals surface area contributed by atoms with Crippen LogP contribution in [-0.4, -0.2) is 17.8 Å². The first-order valence-electron chi connectivity index (χ1n) is 5.85. The second-order valence-corrected chi connectivity index (χ2v) is 6.51. The molecule has 1 atom stereocenters. The zero-order valence-electron chi connectivity index (χ0n) is 10.9. The second-order valence-electron chi connectivity index (χ2n) is 5.65. The molecule has 0 aliphatic carbocycles. The average Bonchev–Trinajstić information content (AvgIpc) is 2.19. The largest absolute Gasteiger partial charge is 0.397 e. The third-order valence-electron chi connectivity index (χ3n) is 2.47. The first kappa shape index (κ1) is 15.2. The minimum atomic E-state index is -0.465. The summed E-state index contributed by atoms with van der Waals surface area (Å²) >= 11 is 3.10. The van der Waals surface area contributed by atoms with Crippen LogP contribution in [0.2, 0.25) is 0 Å². The quantitative estimate of drug-likeness (QED) is 0.746. The predicted octanol–water partition coefficient (Wildman–Crippen LogP) is 3.38. The van der Waals surface area contributed by atoms with Crippen LogP contribution in [-0.2, 0) is 0 Å². The van der Waals surface area contributed by atoms with Gasteiger partial charge in [-0.1, -0.05) is 20.8 Å². The highest BCUT2D eigenvalue weighted by molar-refractivity contribution is 9.10. The van der Waals surface area contributed by atoms with Gasteiger partial charge in [0.05, 0.1) is 22.0 Å². The van der Waals surface area contributed by atoms with Crippen molar-refractivity contribution in [2.24, 2.45) is 5.41 Å². The Morgan fingerprint density at radius 1 is 1.44 bits per heavy atom. The number of halogens is 2. The van der Waals surface area contributed by atoms with Gasteiger partial charge < -0.3 is 16.2 Å². The zero-order valence-corrected chi connectivity index (χ0v) is 12.5. The molecule has 0 aliphatic heterocycles. The summed E-state index contributed by atoms with van der Waals surface area (Å²) in [5, 5.41) is 12.9. The molecular weight excluding hydrogens is 299 g/mol. The fourth-order valence-electron chi connectivity index (χ4n) is 1.72. The first-order chi connectivity index (χ1) is 8.19. The van der Waals surface area contributed by atoms with Gasteiger partial charge in [0, 0.05) is 12.6 Å². The summed E-state index contributed by atoms with van der Waals surface area (Å²) in [6, 6.07) is 2.83. The van der Waals surface area contributed by atoms with Crippen LogP contribution in [0.4, 0.5) is 15.8 Å². The fourth-order valence-corrected chi connectivity index (χ4v) is 2.07. The van der Waals surface area contributed by atoms with Gasteiger partial charge in [-0.25, -0.2) is 4.39 Å². The van der Waals surface area contributed by atoms with Gasteiger partial charge in [0.2, 0.25) is 0 Å². The highest BCUT2D eigenvalue weighted by Gasteiger charge is 2.16. The summed E-state index contributed by atoms with van der Waals surface area (Å²) in [7, 11) is 0. The van der Waals surface area contributed by atoms with E-state index in [1.54, 1.807) is 6.07 Å². The van der Waals surface area contributed by atoms with Crippen molar-refractivity contribution in [3.63, 3.8) is 0 Å². The molecule has 0 spiro atoms. The lowest BCUT2D eigenvalue weighted by Crippen LogP contribution is -2.25. The number of nitrogens with two attached hydrogens (primary N) is 1. The molecule has 5 heteroatoms. The van der Waals surface area contributed by atoms with Crippen LogP contribution in [0.1, 0.15) is 27.2 Å². The van der Waals surface area contributed by atoms with Crippen molar-refractivity contribution in [3.05, 3.63) is 22.4 Å². The minimum absolute atomic E-state index is 0.0655. The Morgan fingerprint density at radius 2 is 2.06 bits per heavy atom.